The molecule has 0 heterocycles. The van der Waals surface area contributed by atoms with Gasteiger partial charge in [0, 0.05) is 5.56 Å². The number of nitrogens with two attached hydrogens (primary N) is 1. The van der Waals surface area contributed by atoms with Crippen LogP contribution in [0, 0.1) is 0 Å². The summed E-state index contributed by atoms with van der Waals surface area (Å²) in [5, 5.41) is 5.19. The maximum atomic E-state index is 12.4. The van der Waals surface area contributed by atoms with Crippen molar-refractivity contribution in [3.63, 3.8) is 0 Å². The van der Waals surface area contributed by atoms with E-state index in [0.29, 0.717) is 6.54 Å². The number of amides is 1. The average molecular weight is 331 g/mol. The minimum absolute atomic E-state index is 0.0358. The van der Waals surface area contributed by atoms with E-state index in [4.69, 9.17) is 0 Å². The molecule has 0 atom stereocenters. The molecule has 25 heavy (non-hydrogen) atoms. The van der Waals surface area contributed by atoms with E-state index >= 15 is 0 Å². The van der Waals surface area contributed by atoms with Crippen LogP contribution in [-0.4, -0.2) is 12.5 Å². The minimum Gasteiger partial charge on any atom is -0.340 e. The summed E-state index contributed by atoms with van der Waals surface area (Å²) < 4.78 is 0. The molecule has 0 radical (unpaired) electrons. The van der Waals surface area contributed by atoms with Gasteiger partial charge in [0.15, 0.2) is 6.54 Å². The van der Waals surface area contributed by atoms with E-state index in [-0.39, 0.29) is 11.9 Å². The SMILES string of the molecule is O=C(C[NH2+]Cc1ccccc1)NC(c1ccccc1)c1ccccc1. The van der Waals surface area contributed by atoms with Crippen LogP contribution in [0.15, 0.2) is 91.0 Å². The van der Waals surface area contributed by atoms with Gasteiger partial charge in [-0.1, -0.05) is 91.0 Å². The molecule has 0 spiro atoms. The lowest BCUT2D eigenvalue weighted by Gasteiger charge is -2.19. The van der Waals surface area contributed by atoms with Crippen molar-refractivity contribution in [2.24, 2.45) is 0 Å². The van der Waals surface area contributed by atoms with Gasteiger partial charge in [0.1, 0.15) is 6.54 Å². The number of carbonyl (C=O) groups excluding carboxylic acids is 1. The number of nitrogens with one attached hydrogen (secondary N) is 1. The first-order valence-electron chi connectivity index (χ1n) is 8.58. The number of quaternary nitrogens is 1. The lowest BCUT2D eigenvalue weighted by molar-refractivity contribution is -0.660. The zero-order chi connectivity index (χ0) is 17.3. The minimum atomic E-state index is -0.125. The second-order valence-corrected chi connectivity index (χ2v) is 6.00. The van der Waals surface area contributed by atoms with Gasteiger partial charge < -0.3 is 10.6 Å². The van der Waals surface area contributed by atoms with Crippen molar-refractivity contribution >= 4 is 5.91 Å². The van der Waals surface area contributed by atoms with Gasteiger partial charge >= 0.3 is 0 Å². The fourth-order valence-electron chi connectivity index (χ4n) is 2.85. The van der Waals surface area contributed by atoms with Crippen molar-refractivity contribution in [1.29, 1.82) is 0 Å². The van der Waals surface area contributed by atoms with E-state index in [9.17, 15) is 4.79 Å². The van der Waals surface area contributed by atoms with Crippen molar-refractivity contribution in [2.75, 3.05) is 6.54 Å². The van der Waals surface area contributed by atoms with Crippen molar-refractivity contribution in [1.82, 2.24) is 5.32 Å². The summed E-state index contributed by atoms with van der Waals surface area (Å²) in [5.74, 6) is 0.0358. The van der Waals surface area contributed by atoms with Crippen molar-refractivity contribution in [3.8, 4) is 0 Å². The first kappa shape index (κ1) is 16.9. The van der Waals surface area contributed by atoms with E-state index in [1.165, 1.54) is 5.56 Å². The summed E-state index contributed by atoms with van der Waals surface area (Å²) in [6, 6.07) is 30.2. The zero-order valence-corrected chi connectivity index (χ0v) is 14.1. The number of benzene rings is 3. The highest BCUT2D eigenvalue weighted by Gasteiger charge is 2.17. The smallest absolute Gasteiger partial charge is 0.275 e. The average Bonchev–Trinajstić information content (AvgIpc) is 2.68. The largest absolute Gasteiger partial charge is 0.340 e. The molecule has 3 heteroatoms. The van der Waals surface area contributed by atoms with Gasteiger partial charge in [-0.3, -0.25) is 4.79 Å². The van der Waals surface area contributed by atoms with Gasteiger partial charge in [0.05, 0.1) is 6.04 Å². The summed E-state index contributed by atoms with van der Waals surface area (Å²) in [7, 11) is 0. The van der Waals surface area contributed by atoms with E-state index in [2.05, 4.69) is 17.4 Å². The first-order chi connectivity index (χ1) is 12.3. The topological polar surface area (TPSA) is 45.7 Å². The van der Waals surface area contributed by atoms with Crippen LogP contribution in [-0.2, 0) is 11.3 Å². The molecular formula is C22H23N2O+. The molecule has 1 amide bonds. The molecular weight excluding hydrogens is 308 g/mol. The summed E-state index contributed by atoms with van der Waals surface area (Å²) in [5.41, 5.74) is 3.40. The predicted molar refractivity (Wildman–Crippen MR) is 99.8 cm³/mol. The maximum absolute atomic E-state index is 12.4. The third kappa shape index (κ3) is 5.03. The molecule has 3 nitrogen and oxygen atoms in total. The van der Waals surface area contributed by atoms with E-state index in [0.717, 1.165) is 17.7 Å². The normalized spacial score (nSPS) is 10.6. The van der Waals surface area contributed by atoms with Gasteiger partial charge in [0.2, 0.25) is 0 Å². The Morgan fingerprint density at radius 1 is 0.760 bits per heavy atom. The van der Waals surface area contributed by atoms with Crippen LogP contribution in [0.25, 0.3) is 0 Å². The van der Waals surface area contributed by atoms with E-state index < -0.39 is 0 Å². The van der Waals surface area contributed by atoms with Crippen LogP contribution in [0.5, 0.6) is 0 Å². The van der Waals surface area contributed by atoms with E-state index in [1.54, 1.807) is 0 Å². The molecule has 126 valence electrons. The molecule has 3 N–H and O–H groups in total. The molecule has 3 aromatic rings. The van der Waals surface area contributed by atoms with Gasteiger partial charge in [-0.15, -0.1) is 0 Å². The Hall–Kier alpha value is -2.91. The summed E-state index contributed by atoms with van der Waals surface area (Å²) >= 11 is 0. The lowest BCUT2D eigenvalue weighted by Crippen LogP contribution is -2.85. The Morgan fingerprint density at radius 3 is 1.76 bits per heavy atom. The molecule has 0 saturated heterocycles. The molecule has 0 aliphatic rings. The second kappa shape index (κ2) is 8.81. The first-order valence-corrected chi connectivity index (χ1v) is 8.58. The van der Waals surface area contributed by atoms with Crippen LogP contribution in [0.1, 0.15) is 22.7 Å². The molecule has 0 bridgehead atoms. The fraction of sp³-hybridized carbons (Fsp3) is 0.136. The lowest BCUT2D eigenvalue weighted by atomic mass is 9.99. The Kier molecular flexibility index (Phi) is 5.96. The number of hydrogen-bond donors (Lipinski definition) is 2. The number of carbonyl (C=O) groups is 1. The second-order valence-electron chi connectivity index (χ2n) is 6.00. The Labute approximate surface area is 148 Å². The number of rotatable bonds is 7. The van der Waals surface area contributed by atoms with Crippen LogP contribution < -0.4 is 10.6 Å². The van der Waals surface area contributed by atoms with Crippen molar-refractivity contribution in [3.05, 3.63) is 108 Å². The monoisotopic (exact) mass is 331 g/mol. The molecule has 0 aliphatic carbocycles. The third-order valence-electron chi connectivity index (χ3n) is 4.12. The van der Waals surface area contributed by atoms with Crippen LogP contribution in [0.4, 0.5) is 0 Å². The number of hydrogen-bond acceptors (Lipinski definition) is 1. The Morgan fingerprint density at radius 2 is 1.24 bits per heavy atom. The molecule has 3 rings (SSSR count). The molecule has 0 aliphatic heterocycles. The third-order valence-corrected chi connectivity index (χ3v) is 4.12. The summed E-state index contributed by atoms with van der Waals surface area (Å²) in [4.78, 5) is 12.4. The zero-order valence-electron chi connectivity index (χ0n) is 14.1. The predicted octanol–water partition coefficient (Wildman–Crippen LogP) is 2.66. The Balaban J connectivity index is 1.63. The highest BCUT2D eigenvalue weighted by molar-refractivity contribution is 5.77. The molecule has 0 aromatic heterocycles. The quantitative estimate of drug-likeness (QED) is 0.687. The maximum Gasteiger partial charge on any atom is 0.275 e. The summed E-state index contributed by atoms with van der Waals surface area (Å²) in [6.07, 6.45) is 0. The summed E-state index contributed by atoms with van der Waals surface area (Å²) in [6.45, 7) is 1.21. The van der Waals surface area contributed by atoms with Crippen LogP contribution >= 0.6 is 0 Å². The molecule has 0 saturated carbocycles. The highest BCUT2D eigenvalue weighted by atomic mass is 16.1. The molecule has 0 fully saturated rings. The van der Waals surface area contributed by atoms with Crippen LogP contribution in [0.3, 0.4) is 0 Å². The standard InChI is InChI=1S/C22H22N2O/c25-21(17-23-16-18-10-4-1-5-11-18)24-22(19-12-6-2-7-13-19)20-14-8-3-9-15-20/h1-15,22-23H,16-17H2,(H,24,25)/p+1. The Bertz CT molecular complexity index is 733. The highest BCUT2D eigenvalue weighted by Crippen LogP contribution is 2.21. The van der Waals surface area contributed by atoms with Crippen molar-refractivity contribution in [2.45, 2.75) is 12.6 Å². The molecule has 0 unspecified atom stereocenters. The van der Waals surface area contributed by atoms with Gasteiger partial charge in [0.25, 0.3) is 5.91 Å². The van der Waals surface area contributed by atoms with Crippen LogP contribution in [0.2, 0.25) is 0 Å². The van der Waals surface area contributed by atoms with Gasteiger partial charge in [-0.05, 0) is 11.1 Å². The molecule has 3 aromatic carbocycles. The van der Waals surface area contributed by atoms with Gasteiger partial charge in [-0.2, -0.15) is 0 Å². The van der Waals surface area contributed by atoms with Gasteiger partial charge in [-0.25, -0.2) is 0 Å². The van der Waals surface area contributed by atoms with Crippen molar-refractivity contribution < 1.29 is 10.1 Å². The van der Waals surface area contributed by atoms with E-state index in [1.807, 2.05) is 84.2 Å². The fourth-order valence-corrected chi connectivity index (χ4v) is 2.85.